The van der Waals surface area contributed by atoms with Crippen molar-refractivity contribution >= 4 is 17.5 Å². The molecule has 2 heterocycles. The van der Waals surface area contributed by atoms with Gasteiger partial charge in [-0.05, 0) is 54.5 Å². The molecule has 2 amide bonds. The number of halogens is 3. The van der Waals surface area contributed by atoms with Crippen molar-refractivity contribution in [3.63, 3.8) is 0 Å². The molecule has 1 aliphatic heterocycles. The molecule has 1 aliphatic rings. The highest BCUT2D eigenvalue weighted by Gasteiger charge is 2.38. The zero-order valence-electron chi connectivity index (χ0n) is 20.8. The third kappa shape index (κ3) is 6.34. The van der Waals surface area contributed by atoms with Gasteiger partial charge in [-0.3, -0.25) is 9.59 Å². The maximum absolute atomic E-state index is 13.3. The minimum absolute atomic E-state index is 0.0929. The largest absolute Gasteiger partial charge is 0.496 e. The number of piperidine rings is 1. The van der Waals surface area contributed by atoms with Gasteiger partial charge in [-0.2, -0.15) is 13.2 Å². The summed E-state index contributed by atoms with van der Waals surface area (Å²) in [6.45, 7) is 0.772. The van der Waals surface area contributed by atoms with E-state index in [1.165, 1.54) is 22.7 Å². The van der Waals surface area contributed by atoms with E-state index in [0.717, 1.165) is 23.1 Å². The number of hydrogen-bond acceptors (Lipinski definition) is 3. The Kier molecular flexibility index (Phi) is 7.90. The lowest BCUT2D eigenvalue weighted by Gasteiger charge is -2.32. The third-order valence-corrected chi connectivity index (χ3v) is 6.75. The molecule has 0 atom stereocenters. The number of methoxy groups -OCH3 is 1. The number of hydrogen-bond donors (Lipinski definition) is 1. The van der Waals surface area contributed by atoms with Crippen LogP contribution in [0.1, 0.15) is 52.2 Å². The summed E-state index contributed by atoms with van der Waals surface area (Å²) in [5.74, 6) is 0.274. The van der Waals surface area contributed by atoms with E-state index >= 15 is 0 Å². The number of aromatic nitrogens is 1. The zero-order chi connectivity index (χ0) is 26.6. The fourth-order valence-corrected chi connectivity index (χ4v) is 4.79. The van der Waals surface area contributed by atoms with Crippen molar-refractivity contribution in [1.82, 2.24) is 9.47 Å². The molecule has 2 aromatic carbocycles. The number of aryl methyl sites for hydroxylation is 2. The molecule has 37 heavy (non-hydrogen) atoms. The number of likely N-dealkylation sites (tertiary alicyclic amines) is 1. The van der Waals surface area contributed by atoms with Gasteiger partial charge in [0.05, 0.1) is 18.2 Å². The molecular formula is C28H30F3N3O3. The van der Waals surface area contributed by atoms with Crippen LogP contribution in [0, 0.1) is 0 Å². The standard InChI is InChI=1S/C28H30F3N3O3/c1-33-17-23(24(18-33)28(29,30)31)27(36)34-15-13-20(14-16-34)19-7-10-22(11-8-19)32-26(35)12-9-21-5-3-4-6-25(21)37-2/h3-8,10-11,17-18,20H,9,12-16H2,1-2H3,(H,32,35). The van der Waals surface area contributed by atoms with Crippen LogP contribution in [-0.2, 0) is 24.4 Å². The fourth-order valence-electron chi connectivity index (χ4n) is 4.79. The van der Waals surface area contributed by atoms with Crippen LogP contribution in [0.25, 0.3) is 0 Å². The first-order valence-electron chi connectivity index (χ1n) is 12.2. The van der Waals surface area contributed by atoms with Gasteiger partial charge in [0.25, 0.3) is 5.91 Å². The second-order valence-electron chi connectivity index (χ2n) is 9.30. The number of carbonyl (C=O) groups is 2. The van der Waals surface area contributed by atoms with Crippen LogP contribution in [0.4, 0.5) is 18.9 Å². The summed E-state index contributed by atoms with van der Waals surface area (Å²) in [7, 11) is 3.08. The summed E-state index contributed by atoms with van der Waals surface area (Å²) in [4.78, 5) is 26.7. The molecule has 1 N–H and O–H groups in total. The number of rotatable bonds is 7. The molecule has 0 saturated carbocycles. The molecule has 1 saturated heterocycles. The van der Waals surface area contributed by atoms with Crippen LogP contribution in [-0.4, -0.2) is 41.5 Å². The van der Waals surface area contributed by atoms with E-state index in [-0.39, 0.29) is 17.4 Å². The summed E-state index contributed by atoms with van der Waals surface area (Å²) in [5, 5.41) is 2.91. The Morgan fingerprint density at radius 3 is 2.35 bits per heavy atom. The smallest absolute Gasteiger partial charge is 0.418 e. The van der Waals surface area contributed by atoms with E-state index in [9.17, 15) is 22.8 Å². The van der Waals surface area contributed by atoms with Gasteiger partial charge in [0.15, 0.2) is 0 Å². The summed E-state index contributed by atoms with van der Waals surface area (Å²) in [5.41, 5.74) is 1.55. The molecule has 9 heteroatoms. The van der Waals surface area contributed by atoms with Crippen molar-refractivity contribution < 1.29 is 27.5 Å². The first kappa shape index (κ1) is 26.3. The van der Waals surface area contributed by atoms with Crippen molar-refractivity contribution in [3.05, 3.63) is 83.2 Å². The molecule has 0 unspecified atom stereocenters. The average Bonchev–Trinajstić information content (AvgIpc) is 3.30. The molecule has 0 aliphatic carbocycles. The molecule has 0 spiro atoms. The predicted molar refractivity (Wildman–Crippen MR) is 135 cm³/mol. The maximum atomic E-state index is 13.3. The minimum Gasteiger partial charge on any atom is -0.496 e. The van der Waals surface area contributed by atoms with E-state index in [1.807, 2.05) is 48.5 Å². The topological polar surface area (TPSA) is 63.6 Å². The number of amides is 2. The average molecular weight is 514 g/mol. The van der Waals surface area contributed by atoms with Gasteiger partial charge in [-0.25, -0.2) is 0 Å². The lowest BCUT2D eigenvalue weighted by Crippen LogP contribution is -2.38. The number of ether oxygens (including phenoxy) is 1. The molecular weight excluding hydrogens is 483 g/mol. The highest BCUT2D eigenvalue weighted by molar-refractivity contribution is 5.96. The second kappa shape index (κ2) is 11.1. The molecule has 1 fully saturated rings. The Labute approximate surface area is 214 Å². The van der Waals surface area contributed by atoms with Gasteiger partial charge in [-0.1, -0.05) is 30.3 Å². The normalized spacial score (nSPS) is 14.5. The first-order valence-corrected chi connectivity index (χ1v) is 12.2. The number of benzene rings is 2. The van der Waals surface area contributed by atoms with Gasteiger partial charge >= 0.3 is 6.18 Å². The van der Waals surface area contributed by atoms with Crippen LogP contribution in [0.3, 0.4) is 0 Å². The van der Waals surface area contributed by atoms with Gasteiger partial charge in [-0.15, -0.1) is 0 Å². The van der Waals surface area contributed by atoms with E-state index in [1.54, 1.807) is 7.11 Å². The summed E-state index contributed by atoms with van der Waals surface area (Å²) < 4.78 is 46.6. The molecule has 4 rings (SSSR count). The Hall–Kier alpha value is -3.75. The zero-order valence-corrected chi connectivity index (χ0v) is 20.8. The summed E-state index contributed by atoms with van der Waals surface area (Å²) >= 11 is 0. The number of carbonyl (C=O) groups excluding carboxylic acids is 2. The lowest BCUT2D eigenvalue weighted by atomic mass is 9.89. The second-order valence-corrected chi connectivity index (χ2v) is 9.30. The van der Waals surface area contributed by atoms with Gasteiger partial charge in [0.2, 0.25) is 5.91 Å². The van der Waals surface area contributed by atoms with Crippen LogP contribution in [0.5, 0.6) is 5.75 Å². The van der Waals surface area contributed by atoms with Crippen molar-refractivity contribution in [1.29, 1.82) is 0 Å². The number of nitrogens with one attached hydrogen (secondary N) is 1. The van der Waals surface area contributed by atoms with Crippen molar-refractivity contribution in [2.24, 2.45) is 7.05 Å². The van der Waals surface area contributed by atoms with Gasteiger partial charge < -0.3 is 19.5 Å². The van der Waals surface area contributed by atoms with Crippen molar-refractivity contribution in [2.45, 2.75) is 37.8 Å². The Balaban J connectivity index is 1.29. The van der Waals surface area contributed by atoms with E-state index < -0.39 is 17.6 Å². The summed E-state index contributed by atoms with van der Waals surface area (Å²) in [6.07, 6.45) is -0.185. The van der Waals surface area contributed by atoms with E-state index in [2.05, 4.69) is 5.32 Å². The summed E-state index contributed by atoms with van der Waals surface area (Å²) in [6, 6.07) is 15.2. The van der Waals surface area contributed by atoms with Crippen molar-refractivity contribution in [3.8, 4) is 5.75 Å². The quantitative estimate of drug-likeness (QED) is 0.445. The number of para-hydroxylation sites is 1. The minimum atomic E-state index is -4.57. The van der Waals surface area contributed by atoms with E-state index in [4.69, 9.17) is 4.74 Å². The predicted octanol–water partition coefficient (Wildman–Crippen LogP) is 5.64. The number of alkyl halides is 3. The van der Waals surface area contributed by atoms with Crippen LogP contribution in [0.2, 0.25) is 0 Å². The fraction of sp³-hybridized carbons (Fsp3) is 0.357. The Morgan fingerprint density at radius 2 is 1.70 bits per heavy atom. The third-order valence-electron chi connectivity index (χ3n) is 6.75. The highest BCUT2D eigenvalue weighted by atomic mass is 19.4. The van der Waals surface area contributed by atoms with E-state index in [0.29, 0.717) is 44.5 Å². The lowest BCUT2D eigenvalue weighted by molar-refractivity contribution is -0.138. The van der Waals surface area contributed by atoms with Crippen LogP contribution >= 0.6 is 0 Å². The molecule has 196 valence electrons. The molecule has 3 aromatic rings. The maximum Gasteiger partial charge on any atom is 0.418 e. The van der Waals surface area contributed by atoms with Gasteiger partial charge in [0, 0.05) is 44.6 Å². The molecule has 1 aromatic heterocycles. The Bertz CT molecular complexity index is 1240. The molecule has 0 bridgehead atoms. The first-order chi connectivity index (χ1) is 17.7. The highest BCUT2D eigenvalue weighted by Crippen LogP contribution is 2.35. The van der Waals surface area contributed by atoms with Crippen LogP contribution in [0.15, 0.2) is 60.9 Å². The molecule has 0 radical (unpaired) electrons. The SMILES string of the molecule is COc1ccccc1CCC(=O)Nc1ccc(C2CCN(C(=O)c3cn(C)cc3C(F)(F)F)CC2)cc1. The van der Waals surface area contributed by atoms with Crippen LogP contribution < -0.4 is 10.1 Å². The number of nitrogens with zero attached hydrogens (tertiary/aromatic N) is 2. The number of anilines is 1. The molecule has 6 nitrogen and oxygen atoms in total. The Morgan fingerprint density at radius 1 is 1.03 bits per heavy atom. The monoisotopic (exact) mass is 513 g/mol. The van der Waals surface area contributed by atoms with Gasteiger partial charge in [0.1, 0.15) is 5.75 Å². The van der Waals surface area contributed by atoms with Crippen molar-refractivity contribution in [2.75, 3.05) is 25.5 Å².